The Morgan fingerprint density at radius 2 is 1.96 bits per heavy atom. The van der Waals surface area contributed by atoms with Crippen molar-refractivity contribution in [2.24, 2.45) is 5.92 Å². The topological polar surface area (TPSA) is 86.0 Å². The number of rotatable bonds is 4. The summed E-state index contributed by atoms with van der Waals surface area (Å²) >= 11 is 0. The van der Waals surface area contributed by atoms with Gasteiger partial charge in [0.05, 0.1) is 10.6 Å². The molecule has 140 valence electrons. The van der Waals surface area contributed by atoms with E-state index in [1.807, 2.05) is 12.3 Å². The summed E-state index contributed by atoms with van der Waals surface area (Å²) in [5.41, 5.74) is 4.23. The lowest BCUT2D eigenvalue weighted by atomic mass is 10.0. The van der Waals surface area contributed by atoms with Crippen LogP contribution in [0.25, 0.3) is 22.0 Å². The standard InChI is InChI=1S/C20H21N3O3S/c1-2-27(25,26)14-5-6-17-15(7-14)16-9-22-20(24)19-18(16)13(8-21-19)11-23(17)10-12-3-4-12/h5-9,12,21H,2-4,10-11H2,1H3,(H,22,24). The van der Waals surface area contributed by atoms with E-state index in [4.69, 9.17) is 0 Å². The maximum Gasteiger partial charge on any atom is 0.272 e. The van der Waals surface area contributed by atoms with Crippen LogP contribution in [0.2, 0.25) is 0 Å². The van der Waals surface area contributed by atoms with Gasteiger partial charge in [-0.25, -0.2) is 8.42 Å². The third kappa shape index (κ3) is 2.60. The Kier molecular flexibility index (Phi) is 3.53. The number of hydrogen-bond donors (Lipinski definition) is 2. The average molecular weight is 383 g/mol. The first-order chi connectivity index (χ1) is 13.0. The third-order valence-corrected chi connectivity index (χ3v) is 7.41. The number of fused-ring (bicyclic) bond motifs is 2. The molecule has 7 heteroatoms. The molecule has 0 spiro atoms. The van der Waals surface area contributed by atoms with Crippen LogP contribution in [-0.4, -0.2) is 30.7 Å². The number of pyridine rings is 1. The van der Waals surface area contributed by atoms with Gasteiger partial charge in [0.25, 0.3) is 5.56 Å². The van der Waals surface area contributed by atoms with Crippen LogP contribution in [0, 0.1) is 5.92 Å². The fourth-order valence-corrected chi connectivity index (χ4v) is 4.91. The number of aromatic nitrogens is 2. The van der Waals surface area contributed by atoms with E-state index >= 15 is 0 Å². The van der Waals surface area contributed by atoms with E-state index < -0.39 is 9.84 Å². The molecule has 0 unspecified atom stereocenters. The van der Waals surface area contributed by atoms with Gasteiger partial charge < -0.3 is 14.9 Å². The van der Waals surface area contributed by atoms with Crippen LogP contribution in [0.15, 0.2) is 40.3 Å². The van der Waals surface area contributed by atoms with Crippen molar-refractivity contribution < 1.29 is 8.42 Å². The Morgan fingerprint density at radius 1 is 1.15 bits per heavy atom. The number of benzene rings is 1. The van der Waals surface area contributed by atoms with E-state index in [2.05, 4.69) is 14.9 Å². The van der Waals surface area contributed by atoms with E-state index in [-0.39, 0.29) is 11.3 Å². The normalized spacial score (nSPS) is 16.4. The summed E-state index contributed by atoms with van der Waals surface area (Å²) in [5.74, 6) is 0.753. The van der Waals surface area contributed by atoms with Crippen LogP contribution in [0.5, 0.6) is 0 Å². The number of aromatic amines is 2. The van der Waals surface area contributed by atoms with E-state index in [1.54, 1.807) is 25.3 Å². The highest BCUT2D eigenvalue weighted by molar-refractivity contribution is 7.91. The molecule has 0 amide bonds. The summed E-state index contributed by atoms with van der Waals surface area (Å²) in [7, 11) is -3.31. The van der Waals surface area contributed by atoms with Crippen molar-refractivity contribution in [2.75, 3.05) is 17.2 Å². The molecule has 1 aliphatic carbocycles. The van der Waals surface area contributed by atoms with Gasteiger partial charge in [-0.1, -0.05) is 6.92 Å². The highest BCUT2D eigenvalue weighted by Gasteiger charge is 2.30. The molecule has 2 N–H and O–H groups in total. The molecule has 0 bridgehead atoms. The summed E-state index contributed by atoms with van der Waals surface area (Å²) in [6, 6.07) is 5.40. The zero-order valence-electron chi connectivity index (χ0n) is 15.1. The second kappa shape index (κ2) is 5.73. The van der Waals surface area contributed by atoms with Crippen molar-refractivity contribution >= 4 is 26.4 Å². The van der Waals surface area contributed by atoms with E-state index in [0.717, 1.165) is 34.3 Å². The minimum absolute atomic E-state index is 0.0635. The minimum Gasteiger partial charge on any atom is -0.366 e. The lowest BCUT2D eigenvalue weighted by Gasteiger charge is -2.25. The second-order valence-electron chi connectivity index (χ2n) is 7.50. The molecule has 1 aliphatic heterocycles. The van der Waals surface area contributed by atoms with Crippen LogP contribution >= 0.6 is 0 Å². The fraction of sp³-hybridized carbons (Fsp3) is 0.350. The Hall–Kier alpha value is -2.54. The van der Waals surface area contributed by atoms with Crippen molar-refractivity contribution in [1.82, 2.24) is 9.97 Å². The highest BCUT2D eigenvalue weighted by atomic mass is 32.2. The van der Waals surface area contributed by atoms with Gasteiger partial charge in [0.2, 0.25) is 0 Å². The quantitative estimate of drug-likeness (QED) is 0.725. The van der Waals surface area contributed by atoms with E-state index in [1.165, 1.54) is 12.8 Å². The molecule has 1 fully saturated rings. The maximum absolute atomic E-state index is 12.5. The summed E-state index contributed by atoms with van der Waals surface area (Å²) in [6.07, 6.45) is 6.09. The first kappa shape index (κ1) is 16.6. The first-order valence-corrected chi connectivity index (χ1v) is 11.0. The summed E-state index contributed by atoms with van der Waals surface area (Å²) < 4.78 is 24.9. The minimum atomic E-state index is -3.31. The third-order valence-electron chi connectivity index (χ3n) is 5.68. The Balaban J connectivity index is 1.80. The number of anilines is 1. The zero-order chi connectivity index (χ0) is 18.8. The Bertz CT molecular complexity index is 1220. The summed E-state index contributed by atoms with van der Waals surface area (Å²) in [4.78, 5) is 20.8. The number of sulfone groups is 1. The predicted octanol–water partition coefficient (Wildman–Crippen LogP) is 3.05. The van der Waals surface area contributed by atoms with Crippen molar-refractivity contribution in [2.45, 2.75) is 31.2 Å². The Morgan fingerprint density at radius 3 is 2.70 bits per heavy atom. The van der Waals surface area contributed by atoms with Gasteiger partial charge in [-0.15, -0.1) is 0 Å². The van der Waals surface area contributed by atoms with Gasteiger partial charge in [0.1, 0.15) is 5.52 Å². The molecule has 27 heavy (non-hydrogen) atoms. The van der Waals surface area contributed by atoms with Gasteiger partial charge in [-0.3, -0.25) is 4.79 Å². The first-order valence-electron chi connectivity index (χ1n) is 9.31. The molecule has 2 aliphatic rings. The van der Waals surface area contributed by atoms with Crippen LogP contribution < -0.4 is 10.5 Å². The van der Waals surface area contributed by atoms with Gasteiger partial charge in [0, 0.05) is 47.7 Å². The number of nitrogens with zero attached hydrogens (tertiary/aromatic N) is 1. The monoisotopic (exact) mass is 383 g/mol. The van der Waals surface area contributed by atoms with Crippen LogP contribution in [0.4, 0.5) is 5.69 Å². The molecule has 0 atom stereocenters. The smallest absolute Gasteiger partial charge is 0.272 e. The molecule has 6 nitrogen and oxygen atoms in total. The van der Waals surface area contributed by atoms with Crippen LogP contribution in [-0.2, 0) is 16.4 Å². The molecule has 1 saturated carbocycles. The molecule has 1 aromatic carbocycles. The predicted molar refractivity (Wildman–Crippen MR) is 106 cm³/mol. The van der Waals surface area contributed by atoms with Gasteiger partial charge >= 0.3 is 0 Å². The SMILES string of the molecule is CCS(=O)(=O)c1ccc2c(c1)-c1c[nH]c(=O)c3[nH]cc(c13)CN2CC1CC1. The van der Waals surface area contributed by atoms with Gasteiger partial charge in [0.15, 0.2) is 9.84 Å². The average Bonchev–Trinajstić information content (AvgIpc) is 3.41. The molecule has 0 saturated heterocycles. The summed E-state index contributed by atoms with van der Waals surface area (Å²) in [5, 5.41) is 0.893. The second-order valence-corrected chi connectivity index (χ2v) is 9.78. The molecular formula is C20H21N3O3S. The van der Waals surface area contributed by atoms with Crippen LogP contribution in [0.3, 0.4) is 0 Å². The molecule has 3 heterocycles. The van der Waals surface area contributed by atoms with Crippen molar-refractivity contribution in [1.29, 1.82) is 0 Å². The lowest BCUT2D eigenvalue weighted by Crippen LogP contribution is -2.25. The molecule has 5 rings (SSSR count). The molecule has 0 radical (unpaired) electrons. The number of nitrogens with one attached hydrogen (secondary N) is 2. The maximum atomic E-state index is 12.5. The van der Waals surface area contributed by atoms with Crippen molar-refractivity contribution in [3.63, 3.8) is 0 Å². The van der Waals surface area contributed by atoms with Crippen molar-refractivity contribution in [3.8, 4) is 11.1 Å². The molecular weight excluding hydrogens is 362 g/mol. The van der Waals surface area contributed by atoms with Crippen LogP contribution in [0.1, 0.15) is 25.3 Å². The fourth-order valence-electron chi connectivity index (χ4n) is 4.00. The van der Waals surface area contributed by atoms with Gasteiger partial charge in [-0.05, 0) is 42.5 Å². The summed E-state index contributed by atoms with van der Waals surface area (Å²) in [6.45, 7) is 3.31. The number of H-pyrrole nitrogens is 2. The largest absolute Gasteiger partial charge is 0.366 e. The molecule has 2 aromatic heterocycles. The number of hydrogen-bond acceptors (Lipinski definition) is 4. The highest BCUT2D eigenvalue weighted by Crippen LogP contribution is 2.43. The lowest BCUT2D eigenvalue weighted by molar-refractivity contribution is 0.597. The zero-order valence-corrected chi connectivity index (χ0v) is 15.9. The van der Waals surface area contributed by atoms with E-state index in [0.29, 0.717) is 22.9 Å². The van der Waals surface area contributed by atoms with Crippen molar-refractivity contribution in [3.05, 3.63) is 46.5 Å². The molecule has 3 aromatic rings. The van der Waals surface area contributed by atoms with Gasteiger partial charge in [-0.2, -0.15) is 0 Å². The Labute approximate surface area is 157 Å². The van der Waals surface area contributed by atoms with E-state index in [9.17, 15) is 13.2 Å².